The third-order valence-electron chi connectivity index (χ3n) is 3.14. The van der Waals surface area contributed by atoms with Gasteiger partial charge in [0.25, 0.3) is 5.56 Å². The van der Waals surface area contributed by atoms with Crippen molar-refractivity contribution in [1.29, 1.82) is 0 Å². The summed E-state index contributed by atoms with van der Waals surface area (Å²) in [4.78, 5) is 11.8. The third kappa shape index (κ3) is 1.55. The van der Waals surface area contributed by atoms with Crippen LogP contribution in [0.15, 0.2) is 4.79 Å². The molecule has 3 N–H and O–H groups in total. The van der Waals surface area contributed by atoms with E-state index in [4.69, 9.17) is 5.73 Å². The average Bonchev–Trinajstić information content (AvgIpc) is 2.59. The van der Waals surface area contributed by atoms with Gasteiger partial charge in [0.2, 0.25) is 0 Å². The van der Waals surface area contributed by atoms with E-state index in [2.05, 4.69) is 5.10 Å². The van der Waals surface area contributed by atoms with Crippen molar-refractivity contribution in [3.63, 3.8) is 0 Å². The normalized spacial score (nSPS) is 28.4. The first-order valence-corrected chi connectivity index (χ1v) is 6.85. The summed E-state index contributed by atoms with van der Waals surface area (Å²) in [7, 11) is -3.04. The molecule has 2 rings (SSSR count). The minimum Gasteiger partial charge on any atom is -0.393 e. The highest BCUT2D eigenvalue weighted by Crippen LogP contribution is 2.29. The highest BCUT2D eigenvalue weighted by molar-refractivity contribution is 7.91. The van der Waals surface area contributed by atoms with Gasteiger partial charge >= 0.3 is 0 Å². The van der Waals surface area contributed by atoms with Gasteiger partial charge in [-0.2, -0.15) is 0 Å². The van der Waals surface area contributed by atoms with E-state index in [0.29, 0.717) is 12.1 Å². The molecule has 7 heteroatoms. The van der Waals surface area contributed by atoms with Crippen LogP contribution in [0, 0.1) is 6.92 Å². The van der Waals surface area contributed by atoms with Gasteiger partial charge in [0.1, 0.15) is 5.69 Å². The van der Waals surface area contributed by atoms with Crippen LogP contribution in [0.4, 0.5) is 5.69 Å². The fourth-order valence-electron chi connectivity index (χ4n) is 2.11. The number of anilines is 1. The number of aryl methyl sites for hydroxylation is 1. The summed E-state index contributed by atoms with van der Waals surface area (Å²) in [5, 5.41) is 2.85. The van der Waals surface area contributed by atoms with Crippen LogP contribution in [0.5, 0.6) is 0 Å². The zero-order chi connectivity index (χ0) is 12.1. The second-order valence-corrected chi connectivity index (χ2v) is 6.81. The molecule has 0 spiro atoms. The van der Waals surface area contributed by atoms with E-state index in [-0.39, 0.29) is 22.8 Å². The summed E-state index contributed by atoms with van der Waals surface area (Å²) in [6, 6.07) is 0. The van der Waals surface area contributed by atoms with E-state index in [1.54, 1.807) is 13.8 Å². The van der Waals surface area contributed by atoms with Crippen LogP contribution < -0.4 is 11.3 Å². The minimum atomic E-state index is -3.04. The molecule has 1 aliphatic heterocycles. The lowest BCUT2D eigenvalue weighted by Gasteiger charge is -2.22. The number of hydrogen-bond donors (Lipinski definition) is 2. The fourth-order valence-corrected chi connectivity index (χ4v) is 4.23. The number of nitrogens with zero attached hydrogens (tertiary/aromatic N) is 1. The number of nitrogens with one attached hydrogen (secondary N) is 1. The topological polar surface area (TPSA) is 98.0 Å². The number of rotatable bonds is 1. The van der Waals surface area contributed by atoms with Gasteiger partial charge in [-0.05, 0) is 20.3 Å². The monoisotopic (exact) mass is 245 g/mol. The number of aromatic amines is 1. The van der Waals surface area contributed by atoms with Crippen molar-refractivity contribution in [2.45, 2.75) is 25.8 Å². The predicted octanol–water partition coefficient (Wildman–Crippen LogP) is -0.399. The molecule has 0 aliphatic carbocycles. The van der Waals surface area contributed by atoms with Crippen molar-refractivity contribution in [3.05, 3.63) is 16.0 Å². The zero-order valence-electron chi connectivity index (χ0n) is 9.28. The molecule has 1 unspecified atom stereocenters. The van der Waals surface area contributed by atoms with Gasteiger partial charge in [0.15, 0.2) is 9.84 Å². The Morgan fingerprint density at radius 1 is 1.50 bits per heavy atom. The molecule has 90 valence electrons. The summed E-state index contributed by atoms with van der Waals surface area (Å²) in [5.74, 6) is 0.104. The standard InChI is InChI=1S/C9H15N3O3S/c1-6-7(10)8(13)12(11-6)9(2)3-4-16(14,15)5-9/h11H,3-5,10H2,1-2H3. The van der Waals surface area contributed by atoms with Gasteiger partial charge in [-0.3, -0.25) is 9.89 Å². The Morgan fingerprint density at radius 2 is 2.12 bits per heavy atom. The van der Waals surface area contributed by atoms with Crippen molar-refractivity contribution in [1.82, 2.24) is 9.78 Å². The molecule has 1 atom stereocenters. The van der Waals surface area contributed by atoms with Gasteiger partial charge < -0.3 is 5.73 Å². The van der Waals surface area contributed by atoms with Gasteiger partial charge in [-0.1, -0.05) is 0 Å². The molecule has 16 heavy (non-hydrogen) atoms. The summed E-state index contributed by atoms with van der Waals surface area (Å²) in [5.41, 5.74) is 5.29. The maximum Gasteiger partial charge on any atom is 0.290 e. The van der Waals surface area contributed by atoms with E-state index in [1.165, 1.54) is 4.68 Å². The molecular formula is C9H15N3O3S. The summed E-state index contributed by atoms with van der Waals surface area (Å²) in [6.45, 7) is 3.45. The lowest BCUT2D eigenvalue weighted by atomic mass is 10.0. The van der Waals surface area contributed by atoms with E-state index in [0.717, 1.165) is 0 Å². The number of hydrogen-bond acceptors (Lipinski definition) is 4. The third-order valence-corrected chi connectivity index (χ3v) is 5.03. The van der Waals surface area contributed by atoms with E-state index in [1.807, 2.05) is 0 Å². The van der Waals surface area contributed by atoms with Gasteiger partial charge in [0, 0.05) is 0 Å². The fraction of sp³-hybridized carbons (Fsp3) is 0.667. The Labute approximate surface area is 93.3 Å². The number of aromatic nitrogens is 2. The van der Waals surface area contributed by atoms with Crippen molar-refractivity contribution in [3.8, 4) is 0 Å². The molecule has 1 aliphatic rings. The molecular weight excluding hydrogens is 230 g/mol. The van der Waals surface area contributed by atoms with Crippen molar-refractivity contribution < 1.29 is 8.42 Å². The molecule has 1 aromatic rings. The summed E-state index contributed by atoms with van der Waals surface area (Å²) in [6.07, 6.45) is 0.439. The van der Waals surface area contributed by atoms with Crippen molar-refractivity contribution in [2.24, 2.45) is 0 Å². The van der Waals surface area contributed by atoms with Crippen LogP contribution in [0.1, 0.15) is 19.0 Å². The molecule has 0 aromatic carbocycles. The smallest absolute Gasteiger partial charge is 0.290 e. The highest BCUT2D eigenvalue weighted by Gasteiger charge is 2.41. The highest BCUT2D eigenvalue weighted by atomic mass is 32.2. The summed E-state index contributed by atoms with van der Waals surface area (Å²) >= 11 is 0. The lowest BCUT2D eigenvalue weighted by molar-refractivity contribution is 0.318. The molecule has 1 fully saturated rings. The molecule has 2 heterocycles. The van der Waals surface area contributed by atoms with Crippen molar-refractivity contribution >= 4 is 15.5 Å². The van der Waals surface area contributed by atoms with Gasteiger partial charge in [-0.15, -0.1) is 0 Å². The summed E-state index contributed by atoms with van der Waals surface area (Å²) < 4.78 is 24.3. The van der Waals surface area contributed by atoms with Gasteiger partial charge in [-0.25, -0.2) is 13.1 Å². The SMILES string of the molecule is Cc1[nH]n(C2(C)CCS(=O)(=O)C2)c(=O)c1N. The Kier molecular flexibility index (Phi) is 2.20. The first-order valence-electron chi connectivity index (χ1n) is 5.03. The first-order chi connectivity index (χ1) is 7.25. The molecule has 1 aromatic heterocycles. The van der Waals surface area contributed by atoms with Crippen LogP contribution in [-0.2, 0) is 15.4 Å². The molecule has 0 radical (unpaired) electrons. The van der Waals surface area contributed by atoms with E-state index in [9.17, 15) is 13.2 Å². The molecule has 0 bridgehead atoms. The molecule has 0 saturated carbocycles. The van der Waals surface area contributed by atoms with Crippen LogP contribution in [-0.4, -0.2) is 29.7 Å². The lowest BCUT2D eigenvalue weighted by Crippen LogP contribution is -2.39. The molecule has 0 amide bonds. The van der Waals surface area contributed by atoms with Crippen molar-refractivity contribution in [2.75, 3.05) is 17.2 Å². The van der Waals surface area contributed by atoms with Crippen LogP contribution in [0.3, 0.4) is 0 Å². The number of nitrogen functional groups attached to an aromatic ring is 1. The maximum absolute atomic E-state index is 11.8. The van der Waals surface area contributed by atoms with Crippen LogP contribution in [0.2, 0.25) is 0 Å². The second kappa shape index (κ2) is 3.13. The first kappa shape index (κ1) is 11.3. The Bertz CT molecular complexity index is 584. The van der Waals surface area contributed by atoms with Crippen LogP contribution in [0.25, 0.3) is 0 Å². The average molecular weight is 245 g/mol. The number of nitrogens with two attached hydrogens (primary N) is 1. The Hall–Kier alpha value is -1.24. The Balaban J connectivity index is 2.54. The van der Waals surface area contributed by atoms with E-state index < -0.39 is 15.4 Å². The second-order valence-electron chi connectivity index (χ2n) is 4.63. The largest absolute Gasteiger partial charge is 0.393 e. The van der Waals surface area contributed by atoms with E-state index >= 15 is 0 Å². The molecule has 1 saturated heterocycles. The maximum atomic E-state index is 11.8. The zero-order valence-corrected chi connectivity index (χ0v) is 10.1. The number of sulfone groups is 1. The predicted molar refractivity (Wildman–Crippen MR) is 61.1 cm³/mol. The van der Waals surface area contributed by atoms with Crippen LogP contribution >= 0.6 is 0 Å². The quantitative estimate of drug-likeness (QED) is 0.703. The molecule has 6 nitrogen and oxygen atoms in total. The van der Waals surface area contributed by atoms with Gasteiger partial charge in [0.05, 0.1) is 22.7 Å². The Morgan fingerprint density at radius 3 is 2.50 bits per heavy atom. The number of H-pyrrole nitrogens is 1. The minimum absolute atomic E-state index is 0.0146.